The Hall–Kier alpha value is -3.31. The van der Waals surface area contributed by atoms with Crippen LogP contribution in [0.2, 0.25) is 0 Å². The summed E-state index contributed by atoms with van der Waals surface area (Å²) >= 11 is 0. The van der Waals surface area contributed by atoms with Gasteiger partial charge >= 0.3 is 6.03 Å². The number of carbonyl (C=O) groups is 1. The molecule has 0 aliphatic rings. The first-order valence-corrected chi connectivity index (χ1v) is 6.25. The summed E-state index contributed by atoms with van der Waals surface area (Å²) in [6, 6.07) is 17.4. The van der Waals surface area contributed by atoms with E-state index in [0.29, 0.717) is 23.4 Å². The van der Waals surface area contributed by atoms with Crippen LogP contribution in [0.5, 0.6) is 0 Å². The third kappa shape index (κ3) is 4.09. The number of hydrogen-bond acceptors (Lipinski definition) is 3. The molecule has 2 N–H and O–H groups in total. The lowest BCUT2D eigenvalue weighted by atomic mass is 10.1. The van der Waals surface area contributed by atoms with E-state index in [9.17, 15) is 4.79 Å². The summed E-state index contributed by atoms with van der Waals surface area (Å²) in [7, 11) is 0. The molecule has 0 aliphatic heterocycles. The third-order valence-corrected chi connectivity index (χ3v) is 2.77. The molecule has 0 radical (unpaired) electrons. The second-order valence-corrected chi connectivity index (χ2v) is 4.30. The summed E-state index contributed by atoms with van der Waals surface area (Å²) in [4.78, 5) is 11.8. The molecule has 0 unspecified atom stereocenters. The number of rotatable bonds is 3. The topological polar surface area (TPSA) is 88.7 Å². The summed E-state index contributed by atoms with van der Waals surface area (Å²) in [5.41, 5.74) is 2.68. The number of urea groups is 1. The van der Waals surface area contributed by atoms with E-state index >= 15 is 0 Å². The zero-order valence-corrected chi connectivity index (χ0v) is 11.1. The van der Waals surface area contributed by atoms with E-state index in [1.807, 2.05) is 6.07 Å². The summed E-state index contributed by atoms with van der Waals surface area (Å²) < 4.78 is 0. The molecule has 0 aromatic heterocycles. The monoisotopic (exact) mass is 276 g/mol. The highest BCUT2D eigenvalue weighted by Gasteiger charge is 2.03. The molecule has 2 amide bonds. The first-order valence-electron chi connectivity index (χ1n) is 6.25. The molecule has 0 heterocycles. The van der Waals surface area contributed by atoms with Gasteiger partial charge in [-0.15, -0.1) is 0 Å². The lowest BCUT2D eigenvalue weighted by Gasteiger charge is -2.08. The summed E-state index contributed by atoms with van der Waals surface area (Å²) in [5, 5.41) is 22.6. The van der Waals surface area contributed by atoms with Crippen LogP contribution in [-0.2, 0) is 6.42 Å². The minimum absolute atomic E-state index is 0.345. The van der Waals surface area contributed by atoms with Gasteiger partial charge in [0.25, 0.3) is 0 Å². The highest BCUT2D eigenvalue weighted by Crippen LogP contribution is 2.12. The van der Waals surface area contributed by atoms with Crippen LogP contribution in [0.4, 0.5) is 16.2 Å². The van der Waals surface area contributed by atoms with Gasteiger partial charge in [-0.25, -0.2) is 4.79 Å². The van der Waals surface area contributed by atoms with Crippen molar-refractivity contribution >= 4 is 17.4 Å². The predicted octanol–water partition coefficient (Wildman–Crippen LogP) is 3.27. The molecule has 0 saturated carbocycles. The first-order chi connectivity index (χ1) is 10.2. The number of nitriles is 2. The van der Waals surface area contributed by atoms with Crippen LogP contribution in [-0.4, -0.2) is 6.03 Å². The fraction of sp³-hybridized carbons (Fsp3) is 0.0625. The van der Waals surface area contributed by atoms with Crippen LogP contribution in [0.3, 0.4) is 0 Å². The van der Waals surface area contributed by atoms with Crippen molar-refractivity contribution in [3.05, 3.63) is 59.7 Å². The molecule has 0 aliphatic carbocycles. The molecule has 102 valence electrons. The second-order valence-electron chi connectivity index (χ2n) is 4.30. The van der Waals surface area contributed by atoms with Gasteiger partial charge in [0.05, 0.1) is 24.1 Å². The molecule has 0 saturated heterocycles. The van der Waals surface area contributed by atoms with Crippen LogP contribution in [0.15, 0.2) is 48.5 Å². The Labute approximate surface area is 122 Å². The summed E-state index contributed by atoms with van der Waals surface area (Å²) in [5.74, 6) is 0. The average Bonchev–Trinajstić information content (AvgIpc) is 2.50. The van der Waals surface area contributed by atoms with Gasteiger partial charge < -0.3 is 10.6 Å². The third-order valence-electron chi connectivity index (χ3n) is 2.77. The van der Waals surface area contributed by atoms with E-state index in [1.165, 1.54) is 0 Å². The van der Waals surface area contributed by atoms with Gasteiger partial charge in [-0.3, -0.25) is 0 Å². The van der Waals surface area contributed by atoms with Crippen molar-refractivity contribution < 1.29 is 4.79 Å². The fourth-order valence-electron chi connectivity index (χ4n) is 1.72. The van der Waals surface area contributed by atoms with Crippen molar-refractivity contribution in [3.63, 3.8) is 0 Å². The molecule has 0 spiro atoms. The Morgan fingerprint density at radius 3 is 1.90 bits per heavy atom. The molecular formula is C16H12N4O. The zero-order valence-electron chi connectivity index (χ0n) is 11.1. The summed E-state index contributed by atoms with van der Waals surface area (Å²) in [6.07, 6.45) is 0.345. The van der Waals surface area contributed by atoms with E-state index in [-0.39, 0.29) is 6.03 Å². The molecule has 0 fully saturated rings. The first kappa shape index (κ1) is 14.1. The van der Waals surface area contributed by atoms with Crippen molar-refractivity contribution in [2.24, 2.45) is 0 Å². The minimum Gasteiger partial charge on any atom is -0.308 e. The minimum atomic E-state index is -0.368. The van der Waals surface area contributed by atoms with Gasteiger partial charge in [-0.1, -0.05) is 12.1 Å². The van der Waals surface area contributed by atoms with E-state index < -0.39 is 0 Å². The molecule has 5 heteroatoms. The Kier molecular flexibility index (Phi) is 4.53. The number of nitrogens with zero attached hydrogens (tertiary/aromatic N) is 2. The Morgan fingerprint density at radius 1 is 0.905 bits per heavy atom. The number of amides is 2. The number of benzene rings is 2. The lowest BCUT2D eigenvalue weighted by Crippen LogP contribution is -2.19. The molecule has 2 rings (SSSR count). The number of hydrogen-bond donors (Lipinski definition) is 2. The van der Waals surface area contributed by atoms with Crippen molar-refractivity contribution in [2.45, 2.75) is 6.42 Å². The SMILES string of the molecule is N#CCc1ccc(NC(=O)Nc2ccc(C#N)cc2)cc1. The maximum Gasteiger partial charge on any atom is 0.323 e. The molecule has 21 heavy (non-hydrogen) atoms. The highest BCUT2D eigenvalue weighted by atomic mass is 16.2. The van der Waals surface area contributed by atoms with Crippen LogP contribution in [0, 0.1) is 22.7 Å². The quantitative estimate of drug-likeness (QED) is 0.901. The fourth-order valence-corrected chi connectivity index (χ4v) is 1.72. The van der Waals surface area contributed by atoms with Gasteiger partial charge in [0.15, 0.2) is 0 Å². The van der Waals surface area contributed by atoms with Gasteiger partial charge in [0.1, 0.15) is 0 Å². The van der Waals surface area contributed by atoms with Crippen molar-refractivity contribution in [3.8, 4) is 12.1 Å². The standard InChI is InChI=1S/C16H12N4O/c17-10-9-12-1-5-14(6-2-12)19-16(21)20-15-7-3-13(11-18)4-8-15/h1-8H,9H2,(H2,19,20,21). The molecule has 0 atom stereocenters. The lowest BCUT2D eigenvalue weighted by molar-refractivity contribution is 0.262. The van der Waals surface area contributed by atoms with E-state index in [0.717, 1.165) is 5.56 Å². The Balaban J connectivity index is 1.94. The van der Waals surface area contributed by atoms with Crippen molar-refractivity contribution in [2.75, 3.05) is 10.6 Å². The average molecular weight is 276 g/mol. The Morgan fingerprint density at radius 2 is 1.43 bits per heavy atom. The van der Waals surface area contributed by atoms with Gasteiger partial charge in [-0.2, -0.15) is 10.5 Å². The van der Waals surface area contributed by atoms with Crippen molar-refractivity contribution in [1.82, 2.24) is 0 Å². The van der Waals surface area contributed by atoms with Gasteiger partial charge in [0.2, 0.25) is 0 Å². The highest BCUT2D eigenvalue weighted by molar-refractivity contribution is 5.99. The van der Waals surface area contributed by atoms with Gasteiger partial charge in [-0.05, 0) is 42.0 Å². The number of carbonyl (C=O) groups excluding carboxylic acids is 1. The Bertz CT molecular complexity index is 706. The summed E-state index contributed by atoms with van der Waals surface area (Å²) in [6.45, 7) is 0. The molecule has 2 aromatic rings. The van der Waals surface area contributed by atoms with Crippen LogP contribution < -0.4 is 10.6 Å². The predicted molar refractivity (Wildman–Crippen MR) is 79.6 cm³/mol. The second kappa shape index (κ2) is 6.74. The maximum atomic E-state index is 11.8. The van der Waals surface area contributed by atoms with Crippen LogP contribution in [0.1, 0.15) is 11.1 Å². The maximum absolute atomic E-state index is 11.8. The molecular weight excluding hydrogens is 264 g/mol. The normalized spacial score (nSPS) is 9.24. The van der Waals surface area contributed by atoms with E-state index in [1.54, 1.807) is 48.5 Å². The van der Waals surface area contributed by atoms with E-state index in [2.05, 4.69) is 16.7 Å². The largest absolute Gasteiger partial charge is 0.323 e. The molecule has 5 nitrogen and oxygen atoms in total. The smallest absolute Gasteiger partial charge is 0.308 e. The van der Waals surface area contributed by atoms with E-state index in [4.69, 9.17) is 10.5 Å². The number of nitrogens with one attached hydrogen (secondary N) is 2. The zero-order chi connectivity index (χ0) is 15.1. The molecule has 2 aromatic carbocycles. The van der Waals surface area contributed by atoms with Crippen LogP contribution in [0.25, 0.3) is 0 Å². The van der Waals surface area contributed by atoms with Gasteiger partial charge in [0, 0.05) is 11.4 Å². The van der Waals surface area contributed by atoms with Crippen molar-refractivity contribution in [1.29, 1.82) is 10.5 Å². The number of anilines is 2. The molecule has 0 bridgehead atoms. The van der Waals surface area contributed by atoms with Crippen LogP contribution >= 0.6 is 0 Å².